The van der Waals surface area contributed by atoms with E-state index in [0.29, 0.717) is 13.1 Å². The quantitative estimate of drug-likeness (QED) is 0.389. The Labute approximate surface area is 146 Å². The third-order valence-corrected chi connectivity index (χ3v) is 5.02. The van der Waals surface area contributed by atoms with Gasteiger partial charge in [0.15, 0.2) is 5.54 Å². The molecule has 3 unspecified atom stereocenters. The maximum atomic E-state index is 12.8. The van der Waals surface area contributed by atoms with Crippen LogP contribution in [0.5, 0.6) is 0 Å². The number of unbranched alkanes of at least 4 members (excludes halogenated alkanes) is 2. The number of esters is 1. The number of imide groups is 1. The lowest BCUT2D eigenvalue weighted by atomic mass is 9.82. The van der Waals surface area contributed by atoms with Gasteiger partial charge in [0.2, 0.25) is 0 Å². The number of hydrogen-bond acceptors (Lipinski definition) is 6. The average Bonchev–Trinajstić information content (AvgIpc) is 2.90. The zero-order chi connectivity index (χ0) is 17.9. The normalized spacial score (nSPS) is 28.5. The summed E-state index contributed by atoms with van der Waals surface area (Å²) in [5.74, 6) is -1.30. The van der Waals surface area contributed by atoms with Gasteiger partial charge in [-0.25, -0.2) is 4.79 Å². The van der Waals surface area contributed by atoms with Crippen LogP contribution >= 0.6 is 11.6 Å². The maximum Gasteiger partial charge on any atom is 0.325 e. The molecule has 3 atom stereocenters. The average molecular weight is 361 g/mol. The Hall–Kier alpha value is -1.38. The molecule has 8 nitrogen and oxygen atoms in total. The van der Waals surface area contributed by atoms with Crippen molar-refractivity contribution < 1.29 is 19.1 Å². The molecule has 0 spiro atoms. The predicted octanol–water partition coefficient (Wildman–Crippen LogP) is 0.456. The first kappa shape index (κ1) is 19.0. The Balaban J connectivity index is 2.38. The number of urea groups is 1. The zero-order valence-corrected chi connectivity index (χ0v) is 15.1. The third kappa shape index (κ3) is 3.10. The molecule has 0 aliphatic carbocycles. The number of hydrogen-bond donors (Lipinski definition) is 2. The van der Waals surface area contributed by atoms with E-state index in [1.54, 1.807) is 19.0 Å². The summed E-state index contributed by atoms with van der Waals surface area (Å²) in [6, 6.07) is -0.473. The highest BCUT2D eigenvalue weighted by Gasteiger charge is 2.64. The van der Waals surface area contributed by atoms with Crippen molar-refractivity contribution in [2.45, 2.75) is 50.4 Å². The van der Waals surface area contributed by atoms with Crippen molar-refractivity contribution in [1.29, 1.82) is 0 Å². The number of carbonyl (C=O) groups excluding carboxylic acids is 3. The molecule has 2 N–H and O–H groups in total. The minimum atomic E-state index is -1.17. The van der Waals surface area contributed by atoms with Gasteiger partial charge in [-0.3, -0.25) is 25.1 Å². The minimum absolute atomic E-state index is 0.279. The van der Waals surface area contributed by atoms with Crippen LogP contribution in [0.15, 0.2) is 0 Å². The SMILES string of the molecule is CCCCCC(OC(=O)CCl)C12C(=O)NC(=O)N(C)C1NCN2C. The van der Waals surface area contributed by atoms with Crippen molar-refractivity contribution in [2.24, 2.45) is 0 Å². The molecule has 0 bridgehead atoms. The summed E-state index contributed by atoms with van der Waals surface area (Å²) in [7, 11) is 3.39. The van der Waals surface area contributed by atoms with E-state index >= 15 is 0 Å². The first-order chi connectivity index (χ1) is 11.4. The van der Waals surface area contributed by atoms with E-state index in [4.69, 9.17) is 16.3 Å². The van der Waals surface area contributed by atoms with Crippen LogP contribution in [-0.4, -0.2) is 72.2 Å². The first-order valence-corrected chi connectivity index (χ1v) is 8.71. The van der Waals surface area contributed by atoms with Gasteiger partial charge in [0.25, 0.3) is 5.91 Å². The molecule has 0 aromatic rings. The number of amides is 3. The van der Waals surface area contributed by atoms with Crippen LogP contribution in [0.1, 0.15) is 32.6 Å². The van der Waals surface area contributed by atoms with E-state index in [0.717, 1.165) is 19.3 Å². The lowest BCUT2D eigenvalue weighted by Gasteiger charge is -2.48. The number of fused-ring (bicyclic) bond motifs is 1. The summed E-state index contributed by atoms with van der Waals surface area (Å²) in [6.07, 6.45) is 2.03. The molecule has 0 saturated carbocycles. The molecule has 2 aliphatic rings. The summed E-state index contributed by atoms with van der Waals surface area (Å²) < 4.78 is 5.56. The second-order valence-corrected chi connectivity index (χ2v) is 6.53. The standard InChI is InChI=1S/C15H25ClN4O4/c1-4-5-6-7-10(24-11(21)8-16)15-12(17-9-19(15)2)20(3)14(23)18-13(15)22/h10,12,17H,4-9H2,1-3H3,(H,18,22,23). The van der Waals surface area contributed by atoms with Gasteiger partial charge >= 0.3 is 12.0 Å². The van der Waals surface area contributed by atoms with E-state index in [1.165, 1.54) is 4.90 Å². The number of alkyl halides is 1. The molecule has 24 heavy (non-hydrogen) atoms. The van der Waals surface area contributed by atoms with Gasteiger partial charge < -0.3 is 9.64 Å². The Morgan fingerprint density at radius 3 is 2.75 bits per heavy atom. The minimum Gasteiger partial charge on any atom is -0.459 e. The second-order valence-electron chi connectivity index (χ2n) is 6.27. The first-order valence-electron chi connectivity index (χ1n) is 8.17. The summed E-state index contributed by atoms with van der Waals surface area (Å²) >= 11 is 5.59. The van der Waals surface area contributed by atoms with Crippen LogP contribution in [0.3, 0.4) is 0 Å². The number of nitrogens with one attached hydrogen (secondary N) is 2. The fourth-order valence-corrected chi connectivity index (χ4v) is 3.62. The molecule has 136 valence electrons. The summed E-state index contributed by atoms with van der Waals surface area (Å²) in [4.78, 5) is 39.9. The van der Waals surface area contributed by atoms with Gasteiger partial charge in [-0.15, -0.1) is 11.6 Å². The highest BCUT2D eigenvalue weighted by molar-refractivity contribution is 6.26. The number of carbonyl (C=O) groups is 3. The molecule has 0 radical (unpaired) electrons. The van der Waals surface area contributed by atoms with Gasteiger partial charge in [-0.2, -0.15) is 0 Å². The van der Waals surface area contributed by atoms with Crippen LogP contribution in [0.2, 0.25) is 0 Å². The van der Waals surface area contributed by atoms with Gasteiger partial charge in [0, 0.05) is 7.05 Å². The van der Waals surface area contributed by atoms with E-state index in [9.17, 15) is 14.4 Å². The van der Waals surface area contributed by atoms with E-state index in [1.807, 2.05) is 0 Å². The van der Waals surface area contributed by atoms with Gasteiger partial charge in [-0.05, 0) is 19.9 Å². The van der Waals surface area contributed by atoms with E-state index in [-0.39, 0.29) is 5.88 Å². The maximum absolute atomic E-state index is 12.8. The molecular formula is C15H25ClN4O4. The third-order valence-electron chi connectivity index (χ3n) is 4.81. The van der Waals surface area contributed by atoms with E-state index < -0.39 is 35.7 Å². The Bertz CT molecular complexity index is 518. The monoisotopic (exact) mass is 360 g/mol. The lowest BCUT2D eigenvalue weighted by Crippen LogP contribution is -2.77. The van der Waals surface area contributed by atoms with Crippen LogP contribution in [0.25, 0.3) is 0 Å². The molecule has 2 rings (SSSR count). The number of halogens is 1. The molecule has 2 heterocycles. The van der Waals surface area contributed by atoms with Crippen molar-refractivity contribution in [1.82, 2.24) is 20.4 Å². The number of nitrogens with zero attached hydrogens (tertiary/aromatic N) is 2. The molecule has 3 amide bonds. The molecule has 0 aromatic heterocycles. The van der Waals surface area contributed by atoms with Gasteiger partial charge in [0.1, 0.15) is 18.1 Å². The Morgan fingerprint density at radius 1 is 1.42 bits per heavy atom. The zero-order valence-electron chi connectivity index (χ0n) is 14.3. The van der Waals surface area contributed by atoms with Crippen molar-refractivity contribution in [2.75, 3.05) is 26.6 Å². The smallest absolute Gasteiger partial charge is 0.325 e. The van der Waals surface area contributed by atoms with Crippen molar-refractivity contribution in [3.05, 3.63) is 0 Å². The summed E-state index contributed by atoms with van der Waals surface area (Å²) in [6.45, 7) is 2.47. The van der Waals surface area contributed by atoms with E-state index in [2.05, 4.69) is 17.6 Å². The highest BCUT2D eigenvalue weighted by atomic mass is 35.5. The molecule has 2 aliphatic heterocycles. The largest absolute Gasteiger partial charge is 0.459 e. The Morgan fingerprint density at radius 2 is 2.12 bits per heavy atom. The van der Waals surface area contributed by atoms with Crippen LogP contribution < -0.4 is 10.6 Å². The van der Waals surface area contributed by atoms with Crippen LogP contribution in [0.4, 0.5) is 4.79 Å². The topological polar surface area (TPSA) is 91.0 Å². The van der Waals surface area contributed by atoms with Gasteiger partial charge in [-0.1, -0.05) is 19.8 Å². The predicted molar refractivity (Wildman–Crippen MR) is 88.3 cm³/mol. The van der Waals surface area contributed by atoms with Crippen molar-refractivity contribution >= 4 is 29.5 Å². The lowest BCUT2D eigenvalue weighted by molar-refractivity contribution is -0.164. The van der Waals surface area contributed by atoms with Gasteiger partial charge in [0.05, 0.1) is 6.67 Å². The summed E-state index contributed by atoms with van der Waals surface area (Å²) in [5.41, 5.74) is -1.17. The van der Waals surface area contributed by atoms with Crippen molar-refractivity contribution in [3.63, 3.8) is 0 Å². The molecule has 0 aromatic carbocycles. The van der Waals surface area contributed by atoms with Crippen LogP contribution in [0, 0.1) is 0 Å². The fourth-order valence-electron chi connectivity index (χ4n) is 3.56. The number of ether oxygens (including phenoxy) is 1. The molecule has 2 saturated heterocycles. The second kappa shape index (κ2) is 7.67. The Kier molecular flexibility index (Phi) is 6.06. The molecule has 2 fully saturated rings. The molecular weight excluding hydrogens is 336 g/mol. The number of likely N-dealkylation sites (N-methyl/N-ethyl adjacent to an activating group) is 2. The fraction of sp³-hybridized carbons (Fsp3) is 0.800. The molecule has 9 heteroatoms. The highest BCUT2D eigenvalue weighted by Crippen LogP contribution is 2.36. The van der Waals surface area contributed by atoms with Crippen molar-refractivity contribution in [3.8, 4) is 0 Å². The number of rotatable bonds is 7. The van der Waals surface area contributed by atoms with Crippen LogP contribution in [-0.2, 0) is 14.3 Å². The summed E-state index contributed by atoms with van der Waals surface area (Å²) in [5, 5.41) is 5.54.